The first-order chi connectivity index (χ1) is 8.84. The van der Waals surface area contributed by atoms with Crippen LogP contribution in [0.4, 0.5) is 0 Å². The Morgan fingerprint density at radius 3 is 3.00 bits per heavy atom. The van der Waals surface area contributed by atoms with E-state index in [1.807, 2.05) is 12.1 Å². The quantitative estimate of drug-likeness (QED) is 0.848. The second kappa shape index (κ2) is 5.11. The first-order valence-corrected chi connectivity index (χ1v) is 6.93. The van der Waals surface area contributed by atoms with Crippen molar-refractivity contribution in [2.45, 2.75) is 31.7 Å². The van der Waals surface area contributed by atoms with Gasteiger partial charge in [0, 0.05) is 13.1 Å². The molecule has 1 fully saturated rings. The lowest BCUT2D eigenvalue weighted by molar-refractivity contribution is -0.123. The fourth-order valence-electron chi connectivity index (χ4n) is 2.65. The number of benzene rings is 1. The molecule has 2 N–H and O–H groups in total. The van der Waals surface area contributed by atoms with Gasteiger partial charge in [0.05, 0.1) is 0 Å². The monoisotopic (exact) mass is 244 g/mol. The molecule has 3 nitrogen and oxygen atoms in total. The predicted octanol–water partition coefficient (Wildman–Crippen LogP) is 1.79. The molecule has 18 heavy (non-hydrogen) atoms. The Hall–Kier alpha value is -1.35. The van der Waals surface area contributed by atoms with Crippen LogP contribution in [0.25, 0.3) is 0 Å². The van der Waals surface area contributed by atoms with Crippen LogP contribution in [0.5, 0.6) is 0 Å². The Balaban J connectivity index is 1.62. The van der Waals surface area contributed by atoms with E-state index < -0.39 is 0 Å². The third kappa shape index (κ3) is 2.56. The summed E-state index contributed by atoms with van der Waals surface area (Å²) in [5.74, 6) is 1.000. The molecule has 3 rings (SSSR count). The molecule has 96 valence electrons. The van der Waals surface area contributed by atoms with E-state index in [1.54, 1.807) is 0 Å². The van der Waals surface area contributed by atoms with Crippen LogP contribution in [0.15, 0.2) is 24.3 Å². The second-order valence-corrected chi connectivity index (χ2v) is 5.36. The smallest absolute Gasteiger partial charge is 0.241 e. The van der Waals surface area contributed by atoms with Crippen molar-refractivity contribution in [3.05, 3.63) is 35.4 Å². The molecule has 0 spiro atoms. The number of fused-ring (bicyclic) bond motifs is 1. The van der Waals surface area contributed by atoms with Gasteiger partial charge in [-0.05, 0) is 29.9 Å². The van der Waals surface area contributed by atoms with Crippen molar-refractivity contribution in [1.29, 1.82) is 0 Å². The largest absolute Gasteiger partial charge is 0.354 e. The number of nitrogens with one attached hydrogen (secondary N) is 2. The van der Waals surface area contributed by atoms with Crippen molar-refractivity contribution in [3.63, 3.8) is 0 Å². The van der Waals surface area contributed by atoms with Crippen LogP contribution in [0, 0.1) is 5.92 Å². The summed E-state index contributed by atoms with van der Waals surface area (Å²) in [7, 11) is 0. The molecule has 1 saturated carbocycles. The van der Waals surface area contributed by atoms with Crippen LogP contribution in [-0.2, 0) is 11.2 Å². The predicted molar refractivity (Wildman–Crippen MR) is 71.2 cm³/mol. The van der Waals surface area contributed by atoms with E-state index in [1.165, 1.54) is 18.4 Å². The summed E-state index contributed by atoms with van der Waals surface area (Å²) in [5.41, 5.74) is 2.45. The van der Waals surface area contributed by atoms with Crippen LogP contribution in [0.2, 0.25) is 0 Å². The fourth-order valence-corrected chi connectivity index (χ4v) is 2.65. The van der Waals surface area contributed by atoms with Gasteiger partial charge in [0.15, 0.2) is 0 Å². The van der Waals surface area contributed by atoms with Gasteiger partial charge in [0.25, 0.3) is 0 Å². The summed E-state index contributed by atoms with van der Waals surface area (Å²) in [6, 6.07) is 8.09. The van der Waals surface area contributed by atoms with E-state index >= 15 is 0 Å². The van der Waals surface area contributed by atoms with Gasteiger partial charge >= 0.3 is 0 Å². The summed E-state index contributed by atoms with van der Waals surface area (Å²) < 4.78 is 0. The van der Waals surface area contributed by atoms with Crippen molar-refractivity contribution in [2.75, 3.05) is 13.1 Å². The molecule has 1 aliphatic carbocycles. The molecular formula is C15H20N2O. The molecule has 0 radical (unpaired) electrons. The minimum absolute atomic E-state index is 0.128. The molecule has 1 amide bonds. The molecule has 2 aliphatic rings. The summed E-state index contributed by atoms with van der Waals surface area (Å²) in [5, 5.41) is 6.38. The Bertz CT molecular complexity index is 440. The zero-order valence-corrected chi connectivity index (χ0v) is 10.6. The van der Waals surface area contributed by atoms with Crippen LogP contribution in [-0.4, -0.2) is 19.0 Å². The number of carbonyl (C=O) groups excluding carboxylic acids is 1. The fraction of sp³-hybridized carbons (Fsp3) is 0.533. The average Bonchev–Trinajstić information content (AvgIpc) is 3.22. The second-order valence-electron chi connectivity index (χ2n) is 5.36. The van der Waals surface area contributed by atoms with Gasteiger partial charge in [-0.2, -0.15) is 0 Å². The molecule has 1 aromatic carbocycles. The minimum atomic E-state index is -0.158. The van der Waals surface area contributed by atoms with Crippen LogP contribution >= 0.6 is 0 Å². The lowest BCUT2D eigenvalue weighted by Crippen LogP contribution is -2.41. The van der Waals surface area contributed by atoms with Crippen LogP contribution < -0.4 is 10.6 Å². The lowest BCUT2D eigenvalue weighted by Gasteiger charge is -2.26. The number of hydrogen-bond donors (Lipinski definition) is 2. The van der Waals surface area contributed by atoms with Crippen LogP contribution in [0.1, 0.15) is 36.4 Å². The van der Waals surface area contributed by atoms with Crippen molar-refractivity contribution >= 4 is 5.91 Å². The van der Waals surface area contributed by atoms with Crippen molar-refractivity contribution in [2.24, 2.45) is 5.92 Å². The minimum Gasteiger partial charge on any atom is -0.354 e. The number of rotatable bonds is 4. The Morgan fingerprint density at radius 1 is 1.33 bits per heavy atom. The average molecular weight is 244 g/mol. The van der Waals surface area contributed by atoms with Crippen molar-refractivity contribution < 1.29 is 4.79 Å². The standard InChI is InChI=1S/C15H20N2O/c18-15(17-9-7-11-5-6-11)14-13-4-2-1-3-12(13)8-10-16-14/h1-4,11,14,16H,5-10H2,(H,17,18). The maximum absolute atomic E-state index is 12.2. The van der Waals surface area contributed by atoms with Gasteiger partial charge in [-0.25, -0.2) is 0 Å². The Morgan fingerprint density at radius 2 is 2.17 bits per heavy atom. The van der Waals surface area contributed by atoms with E-state index in [4.69, 9.17) is 0 Å². The highest BCUT2D eigenvalue weighted by Crippen LogP contribution is 2.31. The molecule has 1 aliphatic heterocycles. The SMILES string of the molecule is O=C(NCCC1CC1)C1NCCc2ccccc21. The summed E-state index contributed by atoms with van der Waals surface area (Å²) in [6.07, 6.45) is 4.85. The molecule has 0 saturated heterocycles. The van der Waals surface area contributed by atoms with Crippen molar-refractivity contribution in [1.82, 2.24) is 10.6 Å². The first-order valence-electron chi connectivity index (χ1n) is 6.93. The highest BCUT2D eigenvalue weighted by atomic mass is 16.2. The van der Waals surface area contributed by atoms with E-state index in [9.17, 15) is 4.79 Å². The summed E-state index contributed by atoms with van der Waals surface area (Å²) in [6.45, 7) is 1.71. The van der Waals surface area contributed by atoms with Gasteiger partial charge in [-0.3, -0.25) is 4.79 Å². The van der Waals surface area contributed by atoms with E-state index in [-0.39, 0.29) is 11.9 Å². The van der Waals surface area contributed by atoms with Crippen LogP contribution in [0.3, 0.4) is 0 Å². The van der Waals surface area contributed by atoms with E-state index in [0.29, 0.717) is 0 Å². The summed E-state index contributed by atoms with van der Waals surface area (Å²) in [4.78, 5) is 12.2. The van der Waals surface area contributed by atoms with Crippen molar-refractivity contribution in [3.8, 4) is 0 Å². The zero-order chi connectivity index (χ0) is 12.4. The maximum Gasteiger partial charge on any atom is 0.241 e. The zero-order valence-electron chi connectivity index (χ0n) is 10.6. The third-order valence-corrected chi connectivity index (χ3v) is 3.92. The van der Waals surface area contributed by atoms with E-state index in [2.05, 4.69) is 22.8 Å². The highest BCUT2D eigenvalue weighted by molar-refractivity contribution is 5.83. The molecular weight excluding hydrogens is 224 g/mol. The molecule has 1 unspecified atom stereocenters. The Kier molecular flexibility index (Phi) is 3.33. The molecule has 1 heterocycles. The van der Waals surface area contributed by atoms with Gasteiger partial charge in [0.2, 0.25) is 5.91 Å². The van der Waals surface area contributed by atoms with Gasteiger partial charge in [-0.1, -0.05) is 37.1 Å². The molecule has 0 aromatic heterocycles. The maximum atomic E-state index is 12.2. The highest BCUT2D eigenvalue weighted by Gasteiger charge is 2.26. The molecule has 1 aromatic rings. The lowest BCUT2D eigenvalue weighted by atomic mass is 9.94. The molecule has 1 atom stereocenters. The third-order valence-electron chi connectivity index (χ3n) is 3.92. The first kappa shape index (κ1) is 11.7. The number of hydrogen-bond acceptors (Lipinski definition) is 2. The number of amides is 1. The van der Waals surface area contributed by atoms with Gasteiger partial charge in [0.1, 0.15) is 6.04 Å². The normalized spacial score (nSPS) is 22.3. The van der Waals surface area contributed by atoms with Gasteiger partial charge < -0.3 is 10.6 Å². The van der Waals surface area contributed by atoms with E-state index in [0.717, 1.165) is 37.4 Å². The molecule has 3 heteroatoms. The Labute approximate surface area is 108 Å². The number of carbonyl (C=O) groups is 1. The van der Waals surface area contributed by atoms with Gasteiger partial charge in [-0.15, -0.1) is 0 Å². The molecule has 0 bridgehead atoms. The topological polar surface area (TPSA) is 41.1 Å². The summed E-state index contributed by atoms with van der Waals surface area (Å²) >= 11 is 0.